The zero-order valence-corrected chi connectivity index (χ0v) is 12.9. The van der Waals surface area contributed by atoms with Crippen molar-refractivity contribution in [2.45, 2.75) is 45.6 Å². The van der Waals surface area contributed by atoms with Crippen LogP contribution in [0.5, 0.6) is 0 Å². The predicted molar refractivity (Wildman–Crippen MR) is 81.7 cm³/mol. The topological polar surface area (TPSA) is 38.3 Å². The van der Waals surface area contributed by atoms with Crippen LogP contribution < -0.4 is 5.32 Å². The maximum Gasteiger partial charge on any atom is 0.331 e. The molecule has 3 unspecified atom stereocenters. The molecule has 0 heterocycles. The largest absolute Gasteiger partial charge is 0.467 e. The number of carbonyl (C=O) groups excluding carboxylic acids is 1. The summed E-state index contributed by atoms with van der Waals surface area (Å²) >= 11 is 0. The Morgan fingerprint density at radius 3 is 2.50 bits per heavy atom. The van der Waals surface area contributed by atoms with Crippen LogP contribution in [0, 0.1) is 18.8 Å². The van der Waals surface area contributed by atoms with Gasteiger partial charge >= 0.3 is 5.97 Å². The van der Waals surface area contributed by atoms with E-state index >= 15 is 0 Å². The van der Waals surface area contributed by atoms with Crippen molar-refractivity contribution in [2.24, 2.45) is 11.8 Å². The van der Waals surface area contributed by atoms with E-state index in [-0.39, 0.29) is 11.9 Å². The first-order valence-electron chi connectivity index (χ1n) is 7.41. The Balaban J connectivity index is 2.31. The molecule has 3 heteroatoms. The molecule has 0 saturated heterocycles. The minimum absolute atomic E-state index is 0.142. The van der Waals surface area contributed by atoms with Gasteiger partial charge in [0, 0.05) is 5.69 Å². The van der Waals surface area contributed by atoms with E-state index in [0.717, 1.165) is 18.5 Å². The summed E-state index contributed by atoms with van der Waals surface area (Å²) in [5.41, 5.74) is 1.61. The molecule has 1 aromatic carbocycles. The lowest BCUT2D eigenvalue weighted by Gasteiger charge is -2.43. The van der Waals surface area contributed by atoms with E-state index in [0.29, 0.717) is 5.92 Å². The Bertz CT molecular complexity index is 468. The number of anilines is 1. The molecule has 1 saturated carbocycles. The number of hydrogen-bond donors (Lipinski definition) is 1. The van der Waals surface area contributed by atoms with Gasteiger partial charge in [0.25, 0.3) is 0 Å². The van der Waals surface area contributed by atoms with Gasteiger partial charge < -0.3 is 10.1 Å². The lowest BCUT2D eigenvalue weighted by Crippen LogP contribution is -2.55. The van der Waals surface area contributed by atoms with Crippen LogP contribution in [0.3, 0.4) is 0 Å². The molecule has 3 atom stereocenters. The molecule has 3 nitrogen and oxygen atoms in total. The monoisotopic (exact) mass is 275 g/mol. The minimum atomic E-state index is -0.596. The second-order valence-corrected chi connectivity index (χ2v) is 6.24. The molecule has 1 N–H and O–H groups in total. The molecule has 0 radical (unpaired) electrons. The highest BCUT2D eigenvalue weighted by atomic mass is 16.5. The van der Waals surface area contributed by atoms with E-state index in [9.17, 15) is 4.79 Å². The average Bonchev–Trinajstić information content (AvgIpc) is 2.44. The highest BCUT2D eigenvalue weighted by molar-refractivity contribution is 5.85. The molecule has 20 heavy (non-hydrogen) atoms. The average molecular weight is 275 g/mol. The van der Waals surface area contributed by atoms with Crippen molar-refractivity contribution in [1.29, 1.82) is 0 Å². The standard InChI is InChI=1S/C17H25NO2/c1-12-6-9-15(10-7-12)18-17(16(19)20-4)11-13(2)5-8-14(17)3/h6-7,9-10,13-14,18H,5,8,11H2,1-4H3. The van der Waals surface area contributed by atoms with Crippen LogP contribution in [-0.4, -0.2) is 18.6 Å². The third-order valence-corrected chi connectivity index (χ3v) is 4.57. The first-order valence-corrected chi connectivity index (χ1v) is 7.41. The van der Waals surface area contributed by atoms with Gasteiger partial charge in [-0.3, -0.25) is 0 Å². The van der Waals surface area contributed by atoms with Gasteiger partial charge in [-0.25, -0.2) is 4.79 Å². The molecule has 1 fully saturated rings. The highest BCUT2D eigenvalue weighted by Crippen LogP contribution is 2.40. The fourth-order valence-electron chi connectivity index (χ4n) is 3.22. The van der Waals surface area contributed by atoms with Crippen LogP contribution in [0.1, 0.15) is 38.7 Å². The summed E-state index contributed by atoms with van der Waals surface area (Å²) in [7, 11) is 1.48. The summed E-state index contributed by atoms with van der Waals surface area (Å²) in [6.07, 6.45) is 3.05. The van der Waals surface area contributed by atoms with Gasteiger partial charge in [-0.2, -0.15) is 0 Å². The van der Waals surface area contributed by atoms with Gasteiger partial charge in [0.1, 0.15) is 5.54 Å². The summed E-state index contributed by atoms with van der Waals surface area (Å²) in [5, 5.41) is 3.48. The smallest absolute Gasteiger partial charge is 0.331 e. The van der Waals surface area contributed by atoms with Crippen LogP contribution in [0.4, 0.5) is 5.69 Å². The minimum Gasteiger partial charge on any atom is -0.467 e. The van der Waals surface area contributed by atoms with Crippen LogP contribution in [0.25, 0.3) is 0 Å². The number of methoxy groups -OCH3 is 1. The lowest BCUT2D eigenvalue weighted by molar-refractivity contribution is -0.150. The maximum atomic E-state index is 12.4. The van der Waals surface area contributed by atoms with Crippen molar-refractivity contribution in [2.75, 3.05) is 12.4 Å². The molecular weight excluding hydrogens is 250 g/mol. The predicted octanol–water partition coefficient (Wildman–Crippen LogP) is 3.77. The molecule has 1 aliphatic carbocycles. The summed E-state index contributed by atoms with van der Waals surface area (Å²) in [4.78, 5) is 12.4. The van der Waals surface area contributed by atoms with Crippen LogP contribution in [0.15, 0.2) is 24.3 Å². The fraction of sp³-hybridized carbons (Fsp3) is 0.588. The van der Waals surface area contributed by atoms with Crippen LogP contribution in [0.2, 0.25) is 0 Å². The second kappa shape index (κ2) is 5.86. The molecule has 1 aliphatic rings. The Morgan fingerprint density at radius 1 is 1.25 bits per heavy atom. The van der Waals surface area contributed by atoms with E-state index in [1.807, 2.05) is 12.1 Å². The number of benzene rings is 1. The van der Waals surface area contributed by atoms with E-state index in [4.69, 9.17) is 4.74 Å². The molecule has 0 spiro atoms. The number of esters is 1. The molecule has 2 rings (SSSR count). The van der Waals surface area contributed by atoms with Crippen molar-refractivity contribution < 1.29 is 9.53 Å². The summed E-state index contributed by atoms with van der Waals surface area (Å²) in [5.74, 6) is 0.660. The van der Waals surface area contributed by atoms with Crippen molar-refractivity contribution >= 4 is 11.7 Å². The van der Waals surface area contributed by atoms with Gasteiger partial charge in [0.05, 0.1) is 7.11 Å². The van der Waals surface area contributed by atoms with E-state index in [2.05, 4.69) is 38.2 Å². The van der Waals surface area contributed by atoms with E-state index in [1.54, 1.807) is 0 Å². The van der Waals surface area contributed by atoms with Gasteiger partial charge in [-0.1, -0.05) is 38.0 Å². The molecule has 1 aromatic rings. The molecule has 0 aliphatic heterocycles. The van der Waals surface area contributed by atoms with Gasteiger partial charge in [-0.15, -0.1) is 0 Å². The summed E-state index contributed by atoms with van der Waals surface area (Å²) < 4.78 is 5.11. The number of carbonyl (C=O) groups is 1. The lowest BCUT2D eigenvalue weighted by atomic mass is 9.69. The van der Waals surface area contributed by atoms with E-state index in [1.165, 1.54) is 19.1 Å². The molecule has 0 aromatic heterocycles. The first kappa shape index (κ1) is 14.9. The number of nitrogens with one attached hydrogen (secondary N) is 1. The summed E-state index contributed by atoms with van der Waals surface area (Å²) in [6.45, 7) is 6.41. The van der Waals surface area contributed by atoms with Crippen molar-refractivity contribution in [3.8, 4) is 0 Å². The third-order valence-electron chi connectivity index (χ3n) is 4.57. The Kier molecular flexibility index (Phi) is 4.36. The van der Waals surface area contributed by atoms with Gasteiger partial charge in [-0.05, 0) is 43.7 Å². The van der Waals surface area contributed by atoms with Crippen molar-refractivity contribution in [3.63, 3.8) is 0 Å². The number of ether oxygens (including phenoxy) is 1. The fourth-order valence-corrected chi connectivity index (χ4v) is 3.22. The number of rotatable bonds is 3. The highest BCUT2D eigenvalue weighted by Gasteiger charge is 2.47. The second-order valence-electron chi connectivity index (χ2n) is 6.24. The quantitative estimate of drug-likeness (QED) is 0.853. The third kappa shape index (κ3) is 2.82. The maximum absolute atomic E-state index is 12.4. The van der Waals surface area contributed by atoms with E-state index < -0.39 is 5.54 Å². The normalized spacial score (nSPS) is 29.8. The molecular formula is C17H25NO2. The van der Waals surface area contributed by atoms with Crippen molar-refractivity contribution in [3.05, 3.63) is 29.8 Å². The first-order chi connectivity index (χ1) is 9.48. The molecule has 110 valence electrons. The molecule has 0 bridgehead atoms. The Labute approximate surface area is 121 Å². The van der Waals surface area contributed by atoms with Gasteiger partial charge in [0.2, 0.25) is 0 Å². The Morgan fingerprint density at radius 2 is 1.90 bits per heavy atom. The number of hydrogen-bond acceptors (Lipinski definition) is 3. The zero-order valence-electron chi connectivity index (χ0n) is 12.9. The van der Waals surface area contributed by atoms with Gasteiger partial charge in [0.15, 0.2) is 0 Å². The number of aryl methyl sites for hydroxylation is 1. The van der Waals surface area contributed by atoms with Crippen LogP contribution >= 0.6 is 0 Å². The van der Waals surface area contributed by atoms with Crippen molar-refractivity contribution in [1.82, 2.24) is 0 Å². The van der Waals surface area contributed by atoms with Crippen LogP contribution in [-0.2, 0) is 9.53 Å². The Hall–Kier alpha value is -1.51. The molecule has 0 amide bonds. The summed E-state index contributed by atoms with van der Waals surface area (Å²) in [6, 6.07) is 8.19. The zero-order chi connectivity index (χ0) is 14.8. The SMILES string of the molecule is COC(=O)C1(Nc2ccc(C)cc2)CC(C)CCC1C.